The third kappa shape index (κ3) is 15.8. The van der Waals surface area contributed by atoms with E-state index in [1.165, 1.54) is 109 Å². The molecule has 55 heavy (non-hydrogen) atoms. The Labute approximate surface area is 315 Å². The van der Waals surface area contributed by atoms with Gasteiger partial charge in [0.25, 0.3) is 0 Å². The molecule has 0 nitrogen and oxygen atoms in total. The van der Waals surface area contributed by atoms with Crippen LogP contribution in [0.5, 0.6) is 0 Å². The molecular weight excluding hydrogens is 779 g/mol. The van der Waals surface area contributed by atoms with E-state index in [1.807, 2.05) is 0 Å². The van der Waals surface area contributed by atoms with E-state index in [4.69, 9.17) is 0 Å². The largest absolute Gasteiger partial charge is 0.460 e. The van der Waals surface area contributed by atoms with E-state index in [9.17, 15) is 74.6 Å². The van der Waals surface area contributed by atoms with Crippen LogP contribution < -0.4 is 0 Å². The Bertz CT molecular complexity index is 977. The summed E-state index contributed by atoms with van der Waals surface area (Å²) in [6.07, 6.45) is 17.7. The van der Waals surface area contributed by atoms with Gasteiger partial charge in [-0.1, -0.05) is 180 Å². The van der Waals surface area contributed by atoms with Gasteiger partial charge in [0.15, 0.2) is 0 Å². The molecule has 0 rings (SSSR count). The summed E-state index contributed by atoms with van der Waals surface area (Å²) in [5.41, 5.74) is 0. The molecule has 0 fully saturated rings. The molecule has 0 aliphatic rings. The van der Waals surface area contributed by atoms with Crippen LogP contribution in [0.4, 0.5) is 74.6 Å². The van der Waals surface area contributed by atoms with Gasteiger partial charge in [0.2, 0.25) is 0 Å². The number of halogens is 17. The topological polar surface area (TPSA) is 0 Å². The lowest BCUT2D eigenvalue weighted by Crippen LogP contribution is -2.74. The summed E-state index contributed by atoms with van der Waals surface area (Å²) in [6.45, 7) is 2.23. The van der Waals surface area contributed by atoms with Gasteiger partial charge in [0, 0.05) is 6.42 Å². The lowest BCUT2D eigenvalue weighted by atomic mass is 9.87. The second-order valence-electron chi connectivity index (χ2n) is 14.9. The second-order valence-corrected chi connectivity index (χ2v) is 14.9. The molecule has 0 radical (unpaired) electrons. The Kier molecular flexibility index (Phi) is 24.1. The van der Waals surface area contributed by atoms with Crippen LogP contribution in [0.3, 0.4) is 0 Å². The first-order chi connectivity index (χ1) is 25.3. The maximum absolute atomic E-state index is 14.0. The fourth-order valence-corrected chi connectivity index (χ4v) is 6.37. The molecule has 0 aliphatic carbocycles. The molecule has 0 aliphatic heterocycles. The van der Waals surface area contributed by atoms with E-state index in [1.54, 1.807) is 0 Å². The maximum Gasteiger partial charge on any atom is 0.460 e. The third-order valence-corrected chi connectivity index (χ3v) is 10.1. The summed E-state index contributed by atoms with van der Waals surface area (Å²) in [6, 6.07) is 0. The van der Waals surface area contributed by atoms with Gasteiger partial charge >= 0.3 is 47.6 Å². The summed E-state index contributed by atoms with van der Waals surface area (Å²) in [5, 5.41) is 0. The van der Waals surface area contributed by atoms with Crippen molar-refractivity contribution in [2.75, 3.05) is 0 Å². The van der Waals surface area contributed by atoms with Crippen LogP contribution in [0.15, 0.2) is 0 Å². The van der Waals surface area contributed by atoms with Crippen LogP contribution in [0.1, 0.15) is 193 Å². The average molecular weight is 841 g/mol. The third-order valence-electron chi connectivity index (χ3n) is 10.1. The highest BCUT2D eigenvalue weighted by atomic mass is 19.4. The van der Waals surface area contributed by atoms with Gasteiger partial charge in [-0.05, 0) is 6.42 Å². The summed E-state index contributed by atoms with van der Waals surface area (Å²) < 4.78 is 227. The van der Waals surface area contributed by atoms with E-state index >= 15 is 0 Å². The minimum Gasteiger partial charge on any atom is -0.200 e. The SMILES string of the molecule is CCCCCCCCCCCCCCCCCCCCCCCCCCCCCCC(F)(F)C(F)(F)C(F)(F)C(F)(F)C(F)(F)C(F)(F)C(F)(F)C(F)(F)F. The highest BCUT2D eigenvalue weighted by Gasteiger charge is 2.95. The van der Waals surface area contributed by atoms with Gasteiger partial charge in [0.05, 0.1) is 0 Å². The molecule has 0 saturated carbocycles. The van der Waals surface area contributed by atoms with Crippen LogP contribution in [0.2, 0.25) is 0 Å². The second kappa shape index (κ2) is 24.7. The van der Waals surface area contributed by atoms with Crippen molar-refractivity contribution in [1.82, 2.24) is 0 Å². The minimum absolute atomic E-state index is 0.102. The lowest BCUT2D eigenvalue weighted by molar-refractivity contribution is -0.461. The van der Waals surface area contributed by atoms with E-state index in [0.717, 1.165) is 38.5 Å². The molecule has 0 unspecified atom stereocenters. The van der Waals surface area contributed by atoms with Gasteiger partial charge in [0.1, 0.15) is 0 Å². The highest BCUT2D eigenvalue weighted by Crippen LogP contribution is 2.64. The van der Waals surface area contributed by atoms with Crippen molar-refractivity contribution in [2.24, 2.45) is 0 Å². The lowest BCUT2D eigenvalue weighted by Gasteiger charge is -2.42. The van der Waals surface area contributed by atoms with Crippen molar-refractivity contribution in [2.45, 2.75) is 241 Å². The number of rotatable bonds is 35. The van der Waals surface area contributed by atoms with Gasteiger partial charge in [-0.3, -0.25) is 0 Å². The van der Waals surface area contributed by atoms with Crippen molar-refractivity contribution in [1.29, 1.82) is 0 Å². The maximum atomic E-state index is 14.0. The molecular formula is C38H61F17. The first kappa shape index (κ1) is 53.8. The molecule has 0 amide bonds. The zero-order chi connectivity index (χ0) is 42.5. The molecule has 0 aromatic rings. The van der Waals surface area contributed by atoms with Gasteiger partial charge in [-0.25, -0.2) is 0 Å². The molecule has 0 bridgehead atoms. The van der Waals surface area contributed by atoms with Crippen molar-refractivity contribution < 1.29 is 74.6 Å². The quantitative estimate of drug-likeness (QED) is 0.0441. The van der Waals surface area contributed by atoms with E-state index in [0.29, 0.717) is 12.8 Å². The molecule has 332 valence electrons. The van der Waals surface area contributed by atoms with Crippen LogP contribution in [-0.4, -0.2) is 47.6 Å². The summed E-state index contributed by atoms with van der Waals surface area (Å²) >= 11 is 0. The molecule has 0 aromatic carbocycles. The normalized spacial score (nSPS) is 14.3. The molecule has 17 heteroatoms. The zero-order valence-electron chi connectivity index (χ0n) is 31.9. The molecule has 0 atom stereocenters. The Morgan fingerprint density at radius 3 is 0.618 bits per heavy atom. The average Bonchev–Trinajstić information content (AvgIpc) is 3.08. The fourth-order valence-electron chi connectivity index (χ4n) is 6.37. The van der Waals surface area contributed by atoms with E-state index < -0.39 is 60.5 Å². The summed E-state index contributed by atoms with van der Waals surface area (Å²) in [7, 11) is 0. The van der Waals surface area contributed by atoms with Crippen LogP contribution in [0, 0.1) is 0 Å². The predicted molar refractivity (Wildman–Crippen MR) is 180 cm³/mol. The number of hydrogen-bond donors (Lipinski definition) is 0. The summed E-state index contributed by atoms with van der Waals surface area (Å²) in [4.78, 5) is 0. The Morgan fingerprint density at radius 2 is 0.400 bits per heavy atom. The Hall–Kier alpha value is -1.19. The van der Waals surface area contributed by atoms with Gasteiger partial charge in [-0.2, -0.15) is 74.6 Å². The predicted octanol–water partition coefficient (Wildman–Crippen LogP) is 17.3. The van der Waals surface area contributed by atoms with Gasteiger partial charge < -0.3 is 0 Å². The monoisotopic (exact) mass is 840 g/mol. The molecule has 0 saturated heterocycles. The van der Waals surface area contributed by atoms with Crippen molar-refractivity contribution in [3.05, 3.63) is 0 Å². The molecule has 0 aromatic heterocycles. The minimum atomic E-state index is -8.58. The smallest absolute Gasteiger partial charge is 0.200 e. The Morgan fingerprint density at radius 1 is 0.218 bits per heavy atom. The molecule has 0 N–H and O–H groups in total. The Balaban J connectivity index is 4.15. The van der Waals surface area contributed by atoms with E-state index in [-0.39, 0.29) is 12.8 Å². The van der Waals surface area contributed by atoms with Crippen molar-refractivity contribution >= 4 is 0 Å². The highest BCUT2D eigenvalue weighted by molar-refractivity contribution is 5.15. The summed E-state index contributed by atoms with van der Waals surface area (Å²) in [5.74, 6) is -55.7. The van der Waals surface area contributed by atoms with E-state index in [2.05, 4.69) is 6.92 Å². The molecule has 0 heterocycles. The van der Waals surface area contributed by atoms with Crippen molar-refractivity contribution in [3.8, 4) is 0 Å². The fraction of sp³-hybridized carbons (Fsp3) is 1.00. The van der Waals surface area contributed by atoms with Gasteiger partial charge in [-0.15, -0.1) is 0 Å². The van der Waals surface area contributed by atoms with Crippen LogP contribution >= 0.6 is 0 Å². The first-order valence-corrected chi connectivity index (χ1v) is 20.0. The number of alkyl halides is 17. The molecule has 0 spiro atoms. The number of unbranched alkanes of at least 4 members (excludes halogenated alkanes) is 27. The van der Waals surface area contributed by atoms with Crippen molar-refractivity contribution in [3.63, 3.8) is 0 Å². The first-order valence-electron chi connectivity index (χ1n) is 20.0. The zero-order valence-corrected chi connectivity index (χ0v) is 31.9. The number of hydrogen-bond acceptors (Lipinski definition) is 0. The van der Waals surface area contributed by atoms with Crippen LogP contribution in [-0.2, 0) is 0 Å². The standard InChI is InChI=1S/C38H61F17/c1-2-3-4-5-6-7-8-9-10-11-12-13-14-15-16-17-18-19-20-21-22-23-24-25-26-27-28-29-30-31(39,40)32(41,42)33(43,44)34(45,46)35(47,48)36(49,50)37(51,52)38(53,54)55/h2-30H2,1H3. The van der Waals surface area contributed by atoms with Crippen LogP contribution in [0.25, 0.3) is 0 Å².